The highest BCUT2D eigenvalue weighted by atomic mass is 32.2. The highest BCUT2D eigenvalue weighted by Crippen LogP contribution is 2.38. The quantitative estimate of drug-likeness (QED) is 0.776. The van der Waals surface area contributed by atoms with Crippen molar-refractivity contribution in [2.45, 2.75) is 62.1 Å². The smallest absolute Gasteiger partial charge is 0.184 e. The first-order valence-electron chi connectivity index (χ1n) is 9.61. The molecule has 2 aliphatic carbocycles. The zero-order valence-corrected chi connectivity index (χ0v) is 16.4. The van der Waals surface area contributed by atoms with E-state index in [1.807, 2.05) is 12.1 Å². The molecule has 0 saturated heterocycles. The second-order valence-corrected chi connectivity index (χ2v) is 10.0. The highest BCUT2D eigenvalue weighted by molar-refractivity contribution is 7.92. The molecule has 3 nitrogen and oxygen atoms in total. The van der Waals surface area contributed by atoms with E-state index in [0.29, 0.717) is 17.4 Å². The van der Waals surface area contributed by atoms with Gasteiger partial charge in [-0.15, -0.1) is 0 Å². The Labute approximate surface area is 157 Å². The number of sulfone groups is 1. The van der Waals surface area contributed by atoms with Gasteiger partial charge in [0.1, 0.15) is 0 Å². The third-order valence-corrected chi connectivity index (χ3v) is 7.83. The molecule has 4 heteroatoms. The minimum Gasteiger partial charge on any atom is -0.370 e. The Morgan fingerprint density at radius 2 is 1.77 bits per heavy atom. The predicted octanol–water partition coefficient (Wildman–Crippen LogP) is 4.64. The molecule has 1 aromatic carbocycles. The van der Waals surface area contributed by atoms with Crippen LogP contribution in [-0.2, 0) is 9.84 Å². The largest absolute Gasteiger partial charge is 0.370 e. The van der Waals surface area contributed by atoms with Crippen molar-refractivity contribution >= 4 is 9.84 Å². The summed E-state index contributed by atoms with van der Waals surface area (Å²) in [6.07, 6.45) is 9.54. The van der Waals surface area contributed by atoms with E-state index in [-0.39, 0.29) is 0 Å². The van der Waals surface area contributed by atoms with Crippen molar-refractivity contribution in [1.82, 2.24) is 4.90 Å². The third-order valence-electron chi connectivity index (χ3n) is 5.73. The normalized spacial score (nSPS) is 24.4. The van der Waals surface area contributed by atoms with Crippen molar-refractivity contribution < 1.29 is 8.42 Å². The van der Waals surface area contributed by atoms with E-state index in [2.05, 4.69) is 24.9 Å². The Morgan fingerprint density at radius 3 is 2.42 bits per heavy atom. The van der Waals surface area contributed by atoms with Crippen molar-refractivity contribution in [3.05, 3.63) is 64.9 Å². The maximum Gasteiger partial charge on any atom is 0.184 e. The summed E-state index contributed by atoms with van der Waals surface area (Å²) in [7, 11) is -3.31. The summed E-state index contributed by atoms with van der Waals surface area (Å²) in [5.74, 6) is 0. The van der Waals surface area contributed by atoms with Crippen molar-refractivity contribution in [1.29, 1.82) is 0 Å². The topological polar surface area (TPSA) is 37.4 Å². The molecule has 1 unspecified atom stereocenters. The predicted molar refractivity (Wildman–Crippen MR) is 106 cm³/mol. The monoisotopic (exact) mass is 369 g/mol. The van der Waals surface area contributed by atoms with Gasteiger partial charge in [-0.3, -0.25) is 0 Å². The highest BCUT2D eigenvalue weighted by Gasteiger charge is 2.32. The van der Waals surface area contributed by atoms with E-state index in [1.54, 1.807) is 24.3 Å². The van der Waals surface area contributed by atoms with Crippen LogP contribution in [0.3, 0.4) is 0 Å². The van der Waals surface area contributed by atoms with Crippen LogP contribution in [0.2, 0.25) is 0 Å². The zero-order valence-electron chi connectivity index (χ0n) is 15.6. The van der Waals surface area contributed by atoms with E-state index in [0.717, 1.165) is 19.4 Å². The Balaban J connectivity index is 1.65. The second kappa shape index (κ2) is 6.73. The van der Waals surface area contributed by atoms with Crippen molar-refractivity contribution in [2.24, 2.45) is 0 Å². The van der Waals surface area contributed by atoms with Crippen LogP contribution >= 0.6 is 0 Å². The average Bonchev–Trinajstić information content (AvgIpc) is 3.47. The summed E-state index contributed by atoms with van der Waals surface area (Å²) >= 11 is 0. The minimum atomic E-state index is -3.31. The maximum atomic E-state index is 13.0. The first-order valence-corrected chi connectivity index (χ1v) is 11.2. The van der Waals surface area contributed by atoms with Crippen LogP contribution in [0.25, 0.3) is 0 Å². The molecule has 1 aliphatic heterocycles. The van der Waals surface area contributed by atoms with Gasteiger partial charge in [0.2, 0.25) is 0 Å². The zero-order chi connectivity index (χ0) is 18.3. The number of hydrogen-bond donors (Lipinski definition) is 0. The minimum absolute atomic E-state index is 0.414. The first kappa shape index (κ1) is 17.6. The molecule has 3 aliphatic rings. The SMILES string of the molecule is CC1=CN(C2CC2)CC(C)=C1C1=CC(S(=O)(=O)c2ccccc2)CCC1. The number of benzene rings is 1. The van der Waals surface area contributed by atoms with E-state index in [4.69, 9.17) is 0 Å². The summed E-state index contributed by atoms with van der Waals surface area (Å²) < 4.78 is 26.1. The van der Waals surface area contributed by atoms with Crippen LogP contribution in [-0.4, -0.2) is 31.2 Å². The summed E-state index contributed by atoms with van der Waals surface area (Å²) in [5.41, 5.74) is 5.18. The average molecular weight is 370 g/mol. The Kier molecular flexibility index (Phi) is 4.55. The van der Waals surface area contributed by atoms with Crippen LogP contribution in [0.4, 0.5) is 0 Å². The van der Waals surface area contributed by atoms with Crippen LogP contribution in [0.5, 0.6) is 0 Å². The lowest BCUT2D eigenvalue weighted by Crippen LogP contribution is -2.28. The van der Waals surface area contributed by atoms with Crippen LogP contribution < -0.4 is 0 Å². The molecule has 1 atom stereocenters. The molecule has 138 valence electrons. The Hall–Kier alpha value is -1.81. The number of rotatable bonds is 4. The lowest BCUT2D eigenvalue weighted by Gasteiger charge is -2.32. The van der Waals surface area contributed by atoms with Gasteiger partial charge in [0, 0.05) is 18.8 Å². The summed E-state index contributed by atoms with van der Waals surface area (Å²) in [4.78, 5) is 2.89. The molecule has 1 fully saturated rings. The van der Waals surface area contributed by atoms with Crippen molar-refractivity contribution in [3.63, 3.8) is 0 Å². The van der Waals surface area contributed by atoms with Gasteiger partial charge in [-0.05, 0) is 80.4 Å². The lowest BCUT2D eigenvalue weighted by atomic mass is 9.85. The van der Waals surface area contributed by atoms with Crippen LogP contribution in [0.15, 0.2) is 69.8 Å². The van der Waals surface area contributed by atoms with Crippen molar-refractivity contribution in [3.8, 4) is 0 Å². The van der Waals surface area contributed by atoms with E-state index in [9.17, 15) is 8.42 Å². The third kappa shape index (κ3) is 3.27. The molecule has 0 amide bonds. The van der Waals surface area contributed by atoms with Gasteiger partial charge in [-0.2, -0.15) is 0 Å². The molecule has 1 aromatic rings. The maximum absolute atomic E-state index is 13.0. The molecule has 4 rings (SSSR count). The van der Waals surface area contributed by atoms with Gasteiger partial charge >= 0.3 is 0 Å². The van der Waals surface area contributed by atoms with Crippen LogP contribution in [0, 0.1) is 0 Å². The fourth-order valence-electron chi connectivity index (χ4n) is 4.34. The Bertz CT molecular complexity index is 889. The van der Waals surface area contributed by atoms with E-state index < -0.39 is 15.1 Å². The number of hydrogen-bond acceptors (Lipinski definition) is 3. The molecule has 1 saturated carbocycles. The van der Waals surface area contributed by atoms with Gasteiger partial charge in [0.05, 0.1) is 10.1 Å². The fraction of sp³-hybridized carbons (Fsp3) is 0.455. The van der Waals surface area contributed by atoms with Gasteiger partial charge in [0.15, 0.2) is 9.84 Å². The fourth-order valence-corrected chi connectivity index (χ4v) is 6.05. The van der Waals surface area contributed by atoms with Crippen molar-refractivity contribution in [2.75, 3.05) is 6.54 Å². The summed E-state index contributed by atoms with van der Waals surface area (Å²) in [5, 5.41) is -0.414. The molecule has 0 N–H and O–H groups in total. The molecular weight excluding hydrogens is 342 g/mol. The van der Waals surface area contributed by atoms with E-state index in [1.165, 1.54) is 35.1 Å². The first-order chi connectivity index (χ1) is 12.5. The standard InChI is InChI=1S/C22H27NO2S/c1-16-14-23(19-11-12-19)15-17(2)22(16)18-7-6-10-21(13-18)26(24,25)20-8-4-3-5-9-20/h3-5,8-9,13-14,19,21H,6-7,10-12,15H2,1-2H3. The molecule has 0 bridgehead atoms. The number of allylic oxidation sites excluding steroid dienone is 3. The van der Waals surface area contributed by atoms with Gasteiger partial charge in [-0.25, -0.2) is 8.42 Å². The van der Waals surface area contributed by atoms with Gasteiger partial charge in [-0.1, -0.05) is 24.3 Å². The summed E-state index contributed by atoms with van der Waals surface area (Å²) in [6, 6.07) is 9.59. The molecular formula is C22H27NO2S. The Morgan fingerprint density at radius 1 is 1.04 bits per heavy atom. The molecule has 26 heavy (non-hydrogen) atoms. The van der Waals surface area contributed by atoms with Crippen LogP contribution in [0.1, 0.15) is 46.0 Å². The second-order valence-electron chi connectivity index (χ2n) is 7.85. The van der Waals surface area contributed by atoms with Gasteiger partial charge < -0.3 is 4.90 Å². The number of nitrogens with zero attached hydrogens (tertiary/aromatic N) is 1. The van der Waals surface area contributed by atoms with Gasteiger partial charge in [0.25, 0.3) is 0 Å². The molecule has 0 spiro atoms. The molecule has 1 heterocycles. The van der Waals surface area contributed by atoms with E-state index >= 15 is 0 Å². The summed E-state index contributed by atoms with van der Waals surface area (Å²) in [6.45, 7) is 5.35. The lowest BCUT2D eigenvalue weighted by molar-refractivity contribution is 0.386. The molecule has 0 aromatic heterocycles. The molecule has 0 radical (unpaired) electrons.